The molecule has 0 aromatic heterocycles. The van der Waals surface area contributed by atoms with Crippen molar-refractivity contribution in [1.29, 1.82) is 0 Å². The predicted octanol–water partition coefficient (Wildman–Crippen LogP) is -0.221. The summed E-state index contributed by atoms with van der Waals surface area (Å²) in [6, 6.07) is 0. The van der Waals surface area contributed by atoms with Gasteiger partial charge in [0.25, 0.3) is 11.8 Å². The fourth-order valence-corrected chi connectivity index (χ4v) is 1.55. The molecule has 1 unspecified atom stereocenters. The van der Waals surface area contributed by atoms with E-state index >= 15 is 0 Å². The quantitative estimate of drug-likeness (QED) is 0.658. The molecule has 1 aliphatic heterocycles. The molecule has 2 amide bonds. The highest BCUT2D eigenvalue weighted by Gasteiger charge is 2.28. The summed E-state index contributed by atoms with van der Waals surface area (Å²) in [5.74, 6) is -0.394. The highest BCUT2D eigenvalue weighted by molar-refractivity contribution is 5.98. The van der Waals surface area contributed by atoms with Crippen LogP contribution in [-0.2, 0) is 14.3 Å². The van der Waals surface area contributed by atoms with Crippen molar-refractivity contribution >= 4 is 11.8 Å². The van der Waals surface area contributed by atoms with E-state index in [-0.39, 0.29) is 31.6 Å². The number of carbonyl (C=O) groups excluding carboxylic acids is 2. The van der Waals surface area contributed by atoms with Crippen LogP contribution >= 0.6 is 0 Å². The van der Waals surface area contributed by atoms with Crippen molar-refractivity contribution in [3.05, 3.63) is 0 Å². The number of carbonyl (C=O) groups is 2. The molecule has 1 N–H and O–H groups in total. The summed E-state index contributed by atoms with van der Waals surface area (Å²) in [5.41, 5.74) is 0. The maximum absolute atomic E-state index is 11.3. The van der Waals surface area contributed by atoms with Gasteiger partial charge >= 0.3 is 0 Å². The normalized spacial score (nSPS) is 19.9. The molecule has 1 fully saturated rings. The van der Waals surface area contributed by atoms with Gasteiger partial charge in [0, 0.05) is 0 Å². The average molecular weight is 215 g/mol. The number of imide groups is 1. The molecule has 86 valence electrons. The molecule has 0 bridgehead atoms. The van der Waals surface area contributed by atoms with Gasteiger partial charge in [-0.3, -0.25) is 14.5 Å². The maximum Gasteiger partial charge on any atom is 0.255 e. The van der Waals surface area contributed by atoms with Crippen molar-refractivity contribution in [2.24, 2.45) is 5.92 Å². The molecule has 5 heteroatoms. The zero-order valence-electron chi connectivity index (χ0n) is 9.10. The molecular weight excluding hydrogens is 198 g/mol. The number of aliphatic hydroxyl groups is 1. The van der Waals surface area contributed by atoms with Crippen molar-refractivity contribution in [2.75, 3.05) is 19.8 Å². The molecule has 1 aliphatic rings. The van der Waals surface area contributed by atoms with Crippen LogP contribution in [0.2, 0.25) is 0 Å². The molecule has 15 heavy (non-hydrogen) atoms. The minimum atomic E-state index is -0.643. The van der Waals surface area contributed by atoms with Crippen LogP contribution in [0.25, 0.3) is 0 Å². The van der Waals surface area contributed by atoms with Crippen molar-refractivity contribution in [3.63, 3.8) is 0 Å². The second kappa shape index (κ2) is 5.23. The molecule has 0 spiro atoms. The molecule has 0 aromatic carbocycles. The summed E-state index contributed by atoms with van der Waals surface area (Å²) in [6.07, 6.45) is -0.0613. The monoisotopic (exact) mass is 215 g/mol. The lowest BCUT2D eigenvalue weighted by atomic mass is 10.1. The molecule has 5 nitrogen and oxygen atoms in total. The van der Waals surface area contributed by atoms with Gasteiger partial charge in [-0.15, -0.1) is 0 Å². The summed E-state index contributed by atoms with van der Waals surface area (Å²) in [4.78, 5) is 23.7. The summed E-state index contributed by atoms with van der Waals surface area (Å²) in [5, 5.41) is 9.62. The third-order valence-electron chi connectivity index (χ3n) is 2.19. The van der Waals surface area contributed by atoms with Gasteiger partial charge in [0.1, 0.15) is 13.2 Å². The van der Waals surface area contributed by atoms with E-state index < -0.39 is 6.10 Å². The van der Waals surface area contributed by atoms with Crippen LogP contribution < -0.4 is 0 Å². The Labute approximate surface area is 89.0 Å². The first-order valence-electron chi connectivity index (χ1n) is 5.09. The van der Waals surface area contributed by atoms with Crippen molar-refractivity contribution in [1.82, 2.24) is 4.90 Å². The maximum atomic E-state index is 11.3. The molecule has 1 heterocycles. The van der Waals surface area contributed by atoms with E-state index in [0.717, 1.165) is 4.90 Å². The highest BCUT2D eigenvalue weighted by atomic mass is 16.5. The lowest BCUT2D eigenvalue weighted by Crippen LogP contribution is -2.49. The van der Waals surface area contributed by atoms with E-state index in [1.807, 2.05) is 13.8 Å². The Morgan fingerprint density at radius 2 is 1.87 bits per heavy atom. The Bertz CT molecular complexity index is 236. The molecular formula is C10H17NO4. The van der Waals surface area contributed by atoms with Crippen LogP contribution in [0.15, 0.2) is 0 Å². The topological polar surface area (TPSA) is 66.8 Å². The Morgan fingerprint density at radius 1 is 1.33 bits per heavy atom. The van der Waals surface area contributed by atoms with Crippen LogP contribution in [0.5, 0.6) is 0 Å². The zero-order chi connectivity index (χ0) is 11.4. The first kappa shape index (κ1) is 12.1. The molecule has 0 aliphatic carbocycles. The van der Waals surface area contributed by atoms with Gasteiger partial charge in [-0.25, -0.2) is 0 Å². The van der Waals surface area contributed by atoms with Gasteiger partial charge in [0.2, 0.25) is 0 Å². The minimum absolute atomic E-state index is 0.0693. The summed E-state index contributed by atoms with van der Waals surface area (Å²) in [7, 11) is 0. The third kappa shape index (κ3) is 3.60. The standard InChI is InChI=1S/C10H17NO4/c1-7(2)3-8(12)4-11-9(13)5-15-6-10(11)14/h7-8,12H,3-6H2,1-2H3. The molecule has 0 aromatic rings. The summed E-state index contributed by atoms with van der Waals surface area (Å²) < 4.78 is 4.76. The van der Waals surface area contributed by atoms with E-state index in [4.69, 9.17) is 4.74 Å². The van der Waals surface area contributed by atoms with Crippen LogP contribution in [0.3, 0.4) is 0 Å². The van der Waals surface area contributed by atoms with Gasteiger partial charge in [-0.05, 0) is 12.3 Å². The van der Waals surface area contributed by atoms with Gasteiger partial charge in [0.05, 0.1) is 12.6 Å². The Balaban J connectivity index is 2.47. The van der Waals surface area contributed by atoms with Gasteiger partial charge < -0.3 is 9.84 Å². The average Bonchev–Trinajstić information content (AvgIpc) is 2.10. The van der Waals surface area contributed by atoms with Gasteiger partial charge in [-0.2, -0.15) is 0 Å². The van der Waals surface area contributed by atoms with E-state index in [1.165, 1.54) is 0 Å². The smallest absolute Gasteiger partial charge is 0.255 e. The summed E-state index contributed by atoms with van der Waals surface area (Å²) >= 11 is 0. The number of β-amino-alcohol motifs (C(OH)–C–C–N with tert-alkyl or cyclic N) is 1. The Hall–Kier alpha value is -0.940. The zero-order valence-corrected chi connectivity index (χ0v) is 9.10. The van der Waals surface area contributed by atoms with Crippen LogP contribution in [0.4, 0.5) is 0 Å². The third-order valence-corrected chi connectivity index (χ3v) is 2.19. The van der Waals surface area contributed by atoms with E-state index in [1.54, 1.807) is 0 Å². The van der Waals surface area contributed by atoms with Crippen LogP contribution in [-0.4, -0.2) is 47.7 Å². The van der Waals surface area contributed by atoms with Gasteiger partial charge in [0.15, 0.2) is 0 Å². The first-order chi connectivity index (χ1) is 7.00. The molecule has 0 radical (unpaired) electrons. The number of hydrogen-bond acceptors (Lipinski definition) is 4. The van der Waals surface area contributed by atoms with Crippen LogP contribution in [0.1, 0.15) is 20.3 Å². The van der Waals surface area contributed by atoms with E-state index in [2.05, 4.69) is 0 Å². The number of amides is 2. The molecule has 0 saturated carbocycles. The number of morpholine rings is 1. The predicted molar refractivity (Wildman–Crippen MR) is 53.0 cm³/mol. The second-order valence-electron chi connectivity index (χ2n) is 4.17. The molecule has 1 rings (SSSR count). The lowest BCUT2D eigenvalue weighted by molar-refractivity contribution is -0.160. The van der Waals surface area contributed by atoms with Gasteiger partial charge in [-0.1, -0.05) is 13.8 Å². The van der Waals surface area contributed by atoms with E-state index in [9.17, 15) is 14.7 Å². The van der Waals surface area contributed by atoms with Crippen LogP contribution in [0, 0.1) is 5.92 Å². The minimum Gasteiger partial charge on any atom is -0.391 e. The van der Waals surface area contributed by atoms with E-state index in [0.29, 0.717) is 12.3 Å². The SMILES string of the molecule is CC(C)CC(O)CN1C(=O)COCC1=O. The highest BCUT2D eigenvalue weighted by Crippen LogP contribution is 2.08. The van der Waals surface area contributed by atoms with Crippen molar-refractivity contribution in [2.45, 2.75) is 26.4 Å². The van der Waals surface area contributed by atoms with Crippen molar-refractivity contribution < 1.29 is 19.4 Å². The fourth-order valence-electron chi connectivity index (χ4n) is 1.55. The Kier molecular flexibility index (Phi) is 4.23. The first-order valence-corrected chi connectivity index (χ1v) is 5.09. The molecule has 1 atom stereocenters. The number of aliphatic hydroxyl groups excluding tert-OH is 1. The molecule has 1 saturated heterocycles. The number of ether oxygens (including phenoxy) is 1. The largest absolute Gasteiger partial charge is 0.391 e. The number of hydrogen-bond donors (Lipinski definition) is 1. The number of nitrogens with zero attached hydrogens (tertiary/aromatic N) is 1. The Morgan fingerprint density at radius 3 is 2.33 bits per heavy atom. The second-order valence-corrected chi connectivity index (χ2v) is 4.17. The summed E-state index contributed by atoms with van der Waals surface area (Å²) in [6.45, 7) is 3.90. The lowest BCUT2D eigenvalue weighted by Gasteiger charge is -2.27. The fraction of sp³-hybridized carbons (Fsp3) is 0.800. The van der Waals surface area contributed by atoms with Crippen molar-refractivity contribution in [3.8, 4) is 0 Å². The number of rotatable bonds is 4.